The van der Waals surface area contributed by atoms with E-state index in [1.807, 2.05) is 0 Å². The molecule has 0 spiro atoms. The van der Waals surface area contributed by atoms with Crippen LogP contribution in [0.1, 0.15) is 25.8 Å². The molecule has 0 radical (unpaired) electrons. The Morgan fingerprint density at radius 1 is 0.931 bits per heavy atom. The molecule has 0 fully saturated rings. The van der Waals surface area contributed by atoms with E-state index in [0.717, 1.165) is 5.56 Å². The summed E-state index contributed by atoms with van der Waals surface area (Å²) in [4.78, 5) is 11.3. The van der Waals surface area contributed by atoms with Gasteiger partial charge in [0.2, 0.25) is 15.9 Å². The van der Waals surface area contributed by atoms with Gasteiger partial charge in [-0.05, 0) is 54.4 Å². The number of nitrogens with zero attached hydrogens (tertiary/aromatic N) is 1. The Kier molecular flexibility index (Phi) is 5.97. The first-order valence-corrected chi connectivity index (χ1v) is 12.0. The molecule has 0 bridgehead atoms. The largest absolute Gasteiger partial charge is 0.379 e. The third kappa shape index (κ3) is 4.44. The monoisotopic (exact) mass is 438 g/mol. The van der Waals surface area contributed by atoms with Crippen LogP contribution in [-0.4, -0.2) is 40.1 Å². The third-order valence-electron chi connectivity index (χ3n) is 4.63. The molecule has 0 aliphatic carbocycles. The highest BCUT2D eigenvalue weighted by Gasteiger charge is 2.24. The lowest BCUT2D eigenvalue weighted by Crippen LogP contribution is -2.30. The van der Waals surface area contributed by atoms with E-state index in [1.54, 1.807) is 26.0 Å². The maximum atomic E-state index is 12.6. The second-order valence-corrected chi connectivity index (χ2v) is 9.95. The van der Waals surface area contributed by atoms with Crippen molar-refractivity contribution in [1.82, 2.24) is 4.31 Å². The normalized spacial score (nSPS) is 14.4. The molecule has 10 heteroatoms. The van der Waals surface area contributed by atoms with Crippen LogP contribution in [0.25, 0.3) is 0 Å². The first-order valence-electron chi connectivity index (χ1n) is 9.15. The average molecular weight is 439 g/mol. The number of fused-ring (bicyclic) bond motifs is 1. The van der Waals surface area contributed by atoms with Gasteiger partial charge in [-0.15, -0.1) is 0 Å². The van der Waals surface area contributed by atoms with Crippen molar-refractivity contribution in [3.05, 3.63) is 48.0 Å². The van der Waals surface area contributed by atoms with E-state index in [2.05, 4.69) is 5.32 Å². The number of rotatable bonds is 7. The topological polar surface area (TPSA) is 110 Å². The van der Waals surface area contributed by atoms with Gasteiger partial charge in [-0.25, -0.2) is 8.42 Å². The number of aryl methyl sites for hydroxylation is 1. The van der Waals surface area contributed by atoms with Crippen molar-refractivity contribution in [2.75, 3.05) is 18.4 Å². The Hall–Kier alpha value is -2.43. The Bertz CT molecular complexity index is 1120. The van der Waals surface area contributed by atoms with Gasteiger partial charge in [-0.2, -0.15) is 12.7 Å². The molecular weight excluding hydrogens is 416 g/mol. The minimum absolute atomic E-state index is 0.0182. The molecule has 1 aliphatic rings. The molecule has 1 amide bonds. The van der Waals surface area contributed by atoms with Crippen molar-refractivity contribution in [3.8, 4) is 5.75 Å². The molecule has 1 heterocycles. The molecule has 0 atom stereocenters. The van der Waals surface area contributed by atoms with Gasteiger partial charge in [0.25, 0.3) is 0 Å². The second-order valence-electron chi connectivity index (χ2n) is 6.47. The molecule has 2 aromatic carbocycles. The molecular formula is C19H22N2O6S2. The van der Waals surface area contributed by atoms with Crippen molar-refractivity contribution < 1.29 is 25.8 Å². The maximum Gasteiger partial charge on any atom is 0.339 e. The number of hydrogen-bond acceptors (Lipinski definition) is 6. The van der Waals surface area contributed by atoms with E-state index in [0.29, 0.717) is 31.6 Å². The van der Waals surface area contributed by atoms with E-state index < -0.39 is 20.1 Å². The smallest absolute Gasteiger partial charge is 0.339 e. The molecule has 8 nitrogen and oxygen atoms in total. The summed E-state index contributed by atoms with van der Waals surface area (Å²) in [5.74, 6) is 0.0401. The van der Waals surface area contributed by atoms with Gasteiger partial charge >= 0.3 is 10.1 Å². The molecule has 29 heavy (non-hydrogen) atoms. The van der Waals surface area contributed by atoms with Crippen LogP contribution < -0.4 is 9.50 Å². The van der Waals surface area contributed by atoms with Crippen LogP contribution in [0.5, 0.6) is 5.75 Å². The molecule has 0 unspecified atom stereocenters. The molecule has 1 N–H and O–H groups in total. The van der Waals surface area contributed by atoms with Crippen molar-refractivity contribution in [2.24, 2.45) is 0 Å². The van der Waals surface area contributed by atoms with Gasteiger partial charge < -0.3 is 9.50 Å². The van der Waals surface area contributed by atoms with E-state index >= 15 is 0 Å². The van der Waals surface area contributed by atoms with Crippen molar-refractivity contribution in [1.29, 1.82) is 0 Å². The van der Waals surface area contributed by atoms with Gasteiger partial charge in [-0.1, -0.05) is 13.8 Å². The minimum atomic E-state index is -4.14. The molecule has 0 aromatic heterocycles. The summed E-state index contributed by atoms with van der Waals surface area (Å²) in [5, 5.41) is 2.72. The minimum Gasteiger partial charge on any atom is -0.379 e. The number of carbonyl (C=O) groups is 1. The van der Waals surface area contributed by atoms with Gasteiger partial charge in [0, 0.05) is 25.2 Å². The van der Waals surface area contributed by atoms with Crippen molar-refractivity contribution >= 4 is 31.7 Å². The number of hydrogen-bond donors (Lipinski definition) is 1. The van der Waals surface area contributed by atoms with Crippen LogP contribution in [0.2, 0.25) is 0 Å². The van der Waals surface area contributed by atoms with Crippen LogP contribution in [-0.2, 0) is 31.4 Å². The molecule has 3 rings (SSSR count). The first kappa shape index (κ1) is 21.3. The zero-order chi connectivity index (χ0) is 21.2. The highest BCUT2D eigenvalue weighted by atomic mass is 32.2. The van der Waals surface area contributed by atoms with Crippen LogP contribution in [0.3, 0.4) is 0 Å². The van der Waals surface area contributed by atoms with E-state index in [4.69, 9.17) is 4.18 Å². The van der Waals surface area contributed by atoms with Crippen LogP contribution in [0.15, 0.2) is 52.3 Å². The van der Waals surface area contributed by atoms with Crippen LogP contribution in [0, 0.1) is 0 Å². The molecule has 0 saturated carbocycles. The second kappa shape index (κ2) is 8.13. The number of sulfonamides is 1. The number of anilines is 1. The van der Waals surface area contributed by atoms with Crippen LogP contribution in [0.4, 0.5) is 5.69 Å². The predicted octanol–water partition coefficient (Wildman–Crippen LogP) is 2.37. The number of nitrogens with one attached hydrogen (secondary N) is 1. The lowest BCUT2D eigenvalue weighted by molar-refractivity contribution is -0.116. The van der Waals surface area contributed by atoms with Crippen molar-refractivity contribution in [3.63, 3.8) is 0 Å². The maximum absolute atomic E-state index is 12.6. The SMILES string of the molecule is CCN(CC)S(=O)(=O)c1ccc(S(=O)(=O)Oc2ccc3c(c2)CCC(=O)N3)cc1. The summed E-state index contributed by atoms with van der Waals surface area (Å²) < 4.78 is 56.7. The summed E-state index contributed by atoms with van der Waals surface area (Å²) in [7, 11) is -7.81. The predicted molar refractivity (Wildman–Crippen MR) is 108 cm³/mol. The van der Waals surface area contributed by atoms with E-state index in [-0.39, 0.29) is 21.4 Å². The fraction of sp³-hybridized carbons (Fsp3) is 0.316. The fourth-order valence-corrected chi connectivity index (χ4v) is 5.46. The molecule has 2 aromatic rings. The molecule has 0 saturated heterocycles. The summed E-state index contributed by atoms with van der Waals surface area (Å²) >= 11 is 0. The number of amides is 1. The van der Waals surface area contributed by atoms with Crippen molar-refractivity contribution in [2.45, 2.75) is 36.5 Å². The Labute approximate surface area is 170 Å². The highest BCUT2D eigenvalue weighted by molar-refractivity contribution is 7.89. The zero-order valence-corrected chi connectivity index (χ0v) is 17.7. The van der Waals surface area contributed by atoms with E-state index in [9.17, 15) is 21.6 Å². The number of carbonyl (C=O) groups excluding carboxylic acids is 1. The molecule has 1 aliphatic heterocycles. The average Bonchev–Trinajstić information content (AvgIpc) is 2.68. The lowest BCUT2D eigenvalue weighted by atomic mass is 10.0. The van der Waals surface area contributed by atoms with Gasteiger partial charge in [-0.3, -0.25) is 4.79 Å². The standard InChI is InChI=1S/C19H22N2O6S2/c1-3-21(4-2)28(23,24)16-7-9-17(10-8-16)29(25,26)27-15-6-11-18-14(13-15)5-12-19(22)20-18/h6-11,13H,3-5,12H2,1-2H3,(H,20,22). The van der Waals surface area contributed by atoms with Gasteiger partial charge in [0.15, 0.2) is 0 Å². The molecule has 156 valence electrons. The number of benzene rings is 2. The van der Waals surface area contributed by atoms with E-state index in [1.165, 1.54) is 34.6 Å². The summed E-state index contributed by atoms with van der Waals surface area (Å²) in [6, 6.07) is 9.57. The summed E-state index contributed by atoms with van der Waals surface area (Å²) in [6.07, 6.45) is 0.821. The summed E-state index contributed by atoms with van der Waals surface area (Å²) in [6.45, 7) is 4.11. The Morgan fingerprint density at radius 3 is 2.17 bits per heavy atom. The quantitative estimate of drug-likeness (QED) is 0.665. The Morgan fingerprint density at radius 2 is 1.55 bits per heavy atom. The van der Waals surface area contributed by atoms with Gasteiger partial charge in [0.05, 0.1) is 4.90 Å². The first-order chi connectivity index (χ1) is 13.7. The highest BCUT2D eigenvalue weighted by Crippen LogP contribution is 2.29. The Balaban J connectivity index is 1.82. The zero-order valence-electron chi connectivity index (χ0n) is 16.1. The lowest BCUT2D eigenvalue weighted by Gasteiger charge is -2.18. The third-order valence-corrected chi connectivity index (χ3v) is 7.96. The van der Waals surface area contributed by atoms with Crippen LogP contribution >= 0.6 is 0 Å². The van der Waals surface area contributed by atoms with Gasteiger partial charge in [0.1, 0.15) is 10.6 Å². The fourth-order valence-electron chi connectivity index (χ4n) is 3.08. The summed E-state index contributed by atoms with van der Waals surface area (Å²) in [5.41, 5.74) is 1.43.